The van der Waals surface area contributed by atoms with E-state index in [1.807, 2.05) is 0 Å². The molecule has 19 heavy (non-hydrogen) atoms. The quantitative estimate of drug-likeness (QED) is 0.863. The fourth-order valence-corrected chi connectivity index (χ4v) is 2.49. The number of aromatic carboxylic acids is 1. The maximum Gasteiger partial charge on any atom is 0.355 e. The summed E-state index contributed by atoms with van der Waals surface area (Å²) in [6.45, 7) is 0. The zero-order valence-electron chi connectivity index (χ0n) is 9.51. The lowest BCUT2D eigenvalue weighted by Crippen LogP contribution is -2.05. The number of thioether (sulfide) groups is 1. The average molecular weight is 343 g/mol. The molecule has 0 atom stereocenters. The van der Waals surface area contributed by atoms with Crippen LogP contribution in [-0.2, 0) is 5.75 Å². The standard InChI is InChI=1S/C12H8BrFN2O2S/c13-9-5-15-10(16-11(9)12(17)18)6-19-8-3-1-2-7(14)4-8/h1-5H,6H2,(H,17,18). The van der Waals surface area contributed by atoms with Crippen LogP contribution in [-0.4, -0.2) is 21.0 Å². The van der Waals surface area contributed by atoms with E-state index in [1.54, 1.807) is 12.1 Å². The molecule has 0 fully saturated rings. The Labute approximate surface area is 121 Å². The van der Waals surface area contributed by atoms with Crippen molar-refractivity contribution < 1.29 is 14.3 Å². The number of rotatable bonds is 4. The van der Waals surface area contributed by atoms with E-state index in [4.69, 9.17) is 5.11 Å². The van der Waals surface area contributed by atoms with E-state index >= 15 is 0 Å². The van der Waals surface area contributed by atoms with Gasteiger partial charge in [-0.1, -0.05) is 6.07 Å². The summed E-state index contributed by atoms with van der Waals surface area (Å²) in [7, 11) is 0. The summed E-state index contributed by atoms with van der Waals surface area (Å²) < 4.78 is 13.3. The van der Waals surface area contributed by atoms with Crippen LogP contribution < -0.4 is 0 Å². The highest BCUT2D eigenvalue weighted by Gasteiger charge is 2.12. The van der Waals surface area contributed by atoms with Gasteiger partial charge in [-0.15, -0.1) is 11.8 Å². The van der Waals surface area contributed by atoms with E-state index in [0.29, 0.717) is 16.0 Å². The van der Waals surface area contributed by atoms with Crippen molar-refractivity contribution in [1.29, 1.82) is 0 Å². The third-order valence-electron chi connectivity index (χ3n) is 2.16. The molecular weight excluding hydrogens is 335 g/mol. The molecule has 7 heteroatoms. The molecule has 1 N–H and O–H groups in total. The van der Waals surface area contributed by atoms with Crippen LogP contribution in [0.3, 0.4) is 0 Å². The topological polar surface area (TPSA) is 63.1 Å². The molecule has 98 valence electrons. The van der Waals surface area contributed by atoms with E-state index in [0.717, 1.165) is 4.90 Å². The Morgan fingerprint density at radius 1 is 1.47 bits per heavy atom. The molecule has 2 rings (SSSR count). The summed E-state index contributed by atoms with van der Waals surface area (Å²) >= 11 is 4.42. The zero-order chi connectivity index (χ0) is 13.8. The first kappa shape index (κ1) is 14.0. The first-order chi connectivity index (χ1) is 9.06. The van der Waals surface area contributed by atoms with Crippen LogP contribution in [0.15, 0.2) is 39.8 Å². The van der Waals surface area contributed by atoms with E-state index in [2.05, 4.69) is 25.9 Å². The second-order valence-corrected chi connectivity index (χ2v) is 5.44. The van der Waals surface area contributed by atoms with Gasteiger partial charge in [-0.05, 0) is 34.1 Å². The van der Waals surface area contributed by atoms with Gasteiger partial charge in [0, 0.05) is 11.1 Å². The summed E-state index contributed by atoms with van der Waals surface area (Å²) in [6, 6.07) is 6.15. The highest BCUT2D eigenvalue weighted by Crippen LogP contribution is 2.23. The van der Waals surface area contributed by atoms with Crippen LogP contribution in [0.5, 0.6) is 0 Å². The molecule has 0 aliphatic heterocycles. The minimum absolute atomic E-state index is 0.0788. The minimum Gasteiger partial charge on any atom is -0.476 e. The number of aromatic nitrogens is 2. The lowest BCUT2D eigenvalue weighted by atomic mass is 10.4. The second kappa shape index (κ2) is 6.12. The predicted octanol–water partition coefficient (Wildman–Crippen LogP) is 3.37. The van der Waals surface area contributed by atoms with Crippen LogP contribution in [0.1, 0.15) is 16.3 Å². The average Bonchev–Trinajstić information content (AvgIpc) is 2.37. The zero-order valence-corrected chi connectivity index (χ0v) is 11.9. The molecule has 2 aromatic rings. The fourth-order valence-electron chi connectivity index (χ4n) is 1.33. The van der Waals surface area contributed by atoms with E-state index < -0.39 is 5.97 Å². The van der Waals surface area contributed by atoms with Gasteiger partial charge in [0.2, 0.25) is 0 Å². The Balaban J connectivity index is 2.12. The van der Waals surface area contributed by atoms with Crippen LogP contribution in [0.4, 0.5) is 4.39 Å². The molecule has 1 aromatic heterocycles. The number of benzene rings is 1. The summed E-state index contributed by atoms with van der Waals surface area (Å²) in [5.41, 5.74) is -0.0788. The number of carboxylic acid groups (broad SMARTS) is 1. The molecule has 1 aromatic carbocycles. The molecule has 0 amide bonds. The van der Waals surface area contributed by atoms with Gasteiger partial charge in [-0.25, -0.2) is 19.2 Å². The highest BCUT2D eigenvalue weighted by molar-refractivity contribution is 9.10. The minimum atomic E-state index is -1.12. The van der Waals surface area contributed by atoms with E-state index in [9.17, 15) is 9.18 Å². The van der Waals surface area contributed by atoms with Crippen LogP contribution in [0, 0.1) is 5.82 Å². The van der Waals surface area contributed by atoms with Crippen molar-refractivity contribution in [3.8, 4) is 0 Å². The molecular formula is C12H8BrFN2O2S. The van der Waals surface area contributed by atoms with Crippen molar-refractivity contribution in [2.24, 2.45) is 0 Å². The maximum absolute atomic E-state index is 13.0. The van der Waals surface area contributed by atoms with E-state index in [-0.39, 0.29) is 11.5 Å². The van der Waals surface area contributed by atoms with Gasteiger partial charge >= 0.3 is 5.97 Å². The number of hydrogen-bond acceptors (Lipinski definition) is 4. The lowest BCUT2D eigenvalue weighted by molar-refractivity contribution is 0.0689. The summed E-state index contributed by atoms with van der Waals surface area (Å²) in [4.78, 5) is 19.6. The first-order valence-electron chi connectivity index (χ1n) is 5.19. The van der Waals surface area contributed by atoms with Gasteiger partial charge in [0.1, 0.15) is 11.6 Å². The number of carboxylic acids is 1. The van der Waals surface area contributed by atoms with Crippen LogP contribution in [0.2, 0.25) is 0 Å². The molecule has 0 saturated carbocycles. The summed E-state index contributed by atoms with van der Waals surface area (Å²) in [5.74, 6) is -0.675. The van der Waals surface area contributed by atoms with Gasteiger partial charge in [0.15, 0.2) is 5.69 Å². The Kier molecular flexibility index (Phi) is 4.49. The van der Waals surface area contributed by atoms with Gasteiger partial charge in [-0.2, -0.15) is 0 Å². The maximum atomic E-state index is 13.0. The molecule has 0 aliphatic rings. The van der Waals surface area contributed by atoms with Crippen molar-refractivity contribution in [2.45, 2.75) is 10.6 Å². The molecule has 0 unspecified atom stereocenters. The summed E-state index contributed by atoms with van der Waals surface area (Å²) in [6.07, 6.45) is 1.40. The van der Waals surface area contributed by atoms with Crippen molar-refractivity contribution in [3.05, 3.63) is 52.3 Å². The second-order valence-electron chi connectivity index (χ2n) is 3.53. The Hall–Kier alpha value is -1.47. The molecule has 1 heterocycles. The molecule has 0 saturated heterocycles. The van der Waals surface area contributed by atoms with Crippen molar-refractivity contribution in [3.63, 3.8) is 0 Å². The number of hydrogen-bond donors (Lipinski definition) is 1. The molecule has 0 spiro atoms. The first-order valence-corrected chi connectivity index (χ1v) is 6.97. The monoisotopic (exact) mass is 342 g/mol. The SMILES string of the molecule is O=C(O)c1nc(CSc2cccc(F)c2)ncc1Br. The molecule has 4 nitrogen and oxygen atoms in total. The molecule has 0 bridgehead atoms. The third-order valence-corrected chi connectivity index (χ3v) is 3.73. The van der Waals surface area contributed by atoms with Gasteiger partial charge in [-0.3, -0.25) is 0 Å². The normalized spacial score (nSPS) is 10.4. The van der Waals surface area contributed by atoms with Crippen molar-refractivity contribution in [1.82, 2.24) is 9.97 Å². The Morgan fingerprint density at radius 2 is 2.26 bits per heavy atom. The van der Waals surface area contributed by atoms with Gasteiger partial charge < -0.3 is 5.11 Å². The number of halogens is 2. The lowest BCUT2D eigenvalue weighted by Gasteiger charge is -2.03. The smallest absolute Gasteiger partial charge is 0.355 e. The van der Waals surface area contributed by atoms with Crippen molar-refractivity contribution >= 4 is 33.7 Å². The van der Waals surface area contributed by atoms with Gasteiger partial charge in [0.05, 0.1) is 10.2 Å². The predicted molar refractivity (Wildman–Crippen MR) is 72.7 cm³/mol. The highest BCUT2D eigenvalue weighted by atomic mass is 79.9. The largest absolute Gasteiger partial charge is 0.476 e. The Bertz CT molecular complexity index is 624. The third kappa shape index (κ3) is 3.74. The number of carbonyl (C=O) groups is 1. The van der Waals surface area contributed by atoms with Crippen LogP contribution >= 0.6 is 27.7 Å². The van der Waals surface area contributed by atoms with Crippen molar-refractivity contribution in [2.75, 3.05) is 0 Å². The summed E-state index contributed by atoms with van der Waals surface area (Å²) in [5, 5.41) is 8.94. The van der Waals surface area contributed by atoms with Crippen LogP contribution in [0.25, 0.3) is 0 Å². The molecule has 0 aliphatic carbocycles. The van der Waals surface area contributed by atoms with E-state index in [1.165, 1.54) is 30.1 Å². The number of nitrogens with zero attached hydrogens (tertiary/aromatic N) is 2. The van der Waals surface area contributed by atoms with Gasteiger partial charge in [0.25, 0.3) is 0 Å². The molecule has 0 radical (unpaired) electrons. The fraction of sp³-hybridized carbons (Fsp3) is 0.0833. The Morgan fingerprint density at radius 3 is 2.95 bits per heavy atom.